The fourth-order valence-corrected chi connectivity index (χ4v) is 5.00. The van der Waals surface area contributed by atoms with E-state index < -0.39 is 0 Å². The second-order valence-corrected chi connectivity index (χ2v) is 9.14. The van der Waals surface area contributed by atoms with Gasteiger partial charge in [0.2, 0.25) is 0 Å². The summed E-state index contributed by atoms with van der Waals surface area (Å²) in [5.41, 5.74) is 6.04. The molecule has 0 aliphatic carbocycles. The summed E-state index contributed by atoms with van der Waals surface area (Å²) in [7, 11) is 3.31. The Labute approximate surface area is 210 Å². The van der Waals surface area contributed by atoms with Crippen molar-refractivity contribution < 1.29 is 9.47 Å². The fraction of sp³-hybridized carbons (Fsp3) is 0.333. The van der Waals surface area contributed by atoms with Crippen LogP contribution in [-0.4, -0.2) is 55.0 Å². The Morgan fingerprint density at radius 2 is 1.60 bits per heavy atom. The van der Waals surface area contributed by atoms with Gasteiger partial charge in [-0.15, -0.1) is 0 Å². The molecule has 1 fully saturated rings. The molecule has 0 atom stereocenters. The first kappa shape index (κ1) is 23.3. The van der Waals surface area contributed by atoms with Gasteiger partial charge in [0, 0.05) is 65.8 Å². The highest BCUT2D eigenvalue weighted by atomic mass is 35.5. The lowest BCUT2D eigenvalue weighted by Gasteiger charge is -2.38. The molecule has 0 bridgehead atoms. The van der Waals surface area contributed by atoms with Gasteiger partial charge in [0.05, 0.1) is 19.9 Å². The number of hydrogen-bond donors (Lipinski definition) is 0. The maximum atomic E-state index is 6.23. The van der Waals surface area contributed by atoms with Gasteiger partial charge >= 0.3 is 0 Å². The van der Waals surface area contributed by atoms with Crippen molar-refractivity contribution in [3.05, 3.63) is 64.8 Å². The molecule has 3 heterocycles. The van der Waals surface area contributed by atoms with Crippen molar-refractivity contribution in [3.63, 3.8) is 0 Å². The molecule has 5 rings (SSSR count). The molecule has 8 heteroatoms. The normalized spacial score (nSPS) is 14.0. The van der Waals surface area contributed by atoms with Gasteiger partial charge in [0.25, 0.3) is 0 Å². The van der Waals surface area contributed by atoms with Gasteiger partial charge in [-0.3, -0.25) is 0 Å². The molecule has 1 aliphatic rings. The lowest BCUT2D eigenvalue weighted by Crippen LogP contribution is -2.47. The molecule has 0 spiro atoms. The highest BCUT2D eigenvalue weighted by Gasteiger charge is 2.24. The van der Waals surface area contributed by atoms with Crippen LogP contribution in [0.3, 0.4) is 0 Å². The highest BCUT2D eigenvalue weighted by Crippen LogP contribution is 2.32. The van der Waals surface area contributed by atoms with Crippen LogP contribution < -0.4 is 19.3 Å². The second-order valence-electron chi connectivity index (χ2n) is 8.71. The van der Waals surface area contributed by atoms with Gasteiger partial charge < -0.3 is 19.3 Å². The van der Waals surface area contributed by atoms with Crippen molar-refractivity contribution in [2.45, 2.75) is 20.3 Å². The van der Waals surface area contributed by atoms with Crippen molar-refractivity contribution in [1.29, 1.82) is 0 Å². The maximum absolute atomic E-state index is 6.23. The van der Waals surface area contributed by atoms with Gasteiger partial charge in [0.1, 0.15) is 17.3 Å². The van der Waals surface area contributed by atoms with Crippen LogP contribution in [0.1, 0.15) is 18.2 Å². The molecule has 0 radical (unpaired) electrons. The third-order valence-electron chi connectivity index (χ3n) is 6.63. The lowest BCUT2D eigenvalue weighted by atomic mass is 10.1. The fourth-order valence-electron chi connectivity index (χ4n) is 4.82. The van der Waals surface area contributed by atoms with Gasteiger partial charge in [-0.2, -0.15) is 9.61 Å². The number of ether oxygens (including phenoxy) is 2. The molecular formula is C27H30ClN5O2. The first-order chi connectivity index (χ1) is 17.0. The van der Waals surface area contributed by atoms with Crippen molar-refractivity contribution in [2.75, 3.05) is 50.2 Å². The number of fused-ring (bicyclic) bond motifs is 1. The topological polar surface area (TPSA) is 55.1 Å². The average molecular weight is 492 g/mol. The van der Waals surface area contributed by atoms with Crippen LogP contribution in [0.5, 0.6) is 11.5 Å². The summed E-state index contributed by atoms with van der Waals surface area (Å²) in [4.78, 5) is 9.71. The molecule has 2 aromatic heterocycles. The SMILES string of the molecule is CCc1c(C)nc2cc(-c3cc(OC)cc(OC)c3)nn2c1N1CCN(c2cccc(Cl)c2)CC1. The molecule has 7 nitrogen and oxygen atoms in total. The Morgan fingerprint density at radius 3 is 2.23 bits per heavy atom. The first-order valence-electron chi connectivity index (χ1n) is 11.9. The van der Waals surface area contributed by atoms with Crippen LogP contribution in [0.15, 0.2) is 48.5 Å². The number of nitrogens with zero attached hydrogens (tertiary/aromatic N) is 5. The standard InChI is InChI=1S/C27H30ClN5O2/c1-5-24-18(2)29-26-17-25(19-13-22(34-3)16-23(14-19)35-4)30-33(26)27(24)32-11-9-31(10-12-32)21-8-6-7-20(28)15-21/h6-8,13-17H,5,9-12H2,1-4H3. The quantitative estimate of drug-likeness (QED) is 0.366. The number of benzene rings is 2. The van der Waals surface area contributed by atoms with Crippen LogP contribution in [0.25, 0.3) is 16.9 Å². The summed E-state index contributed by atoms with van der Waals surface area (Å²) in [6.45, 7) is 7.87. The van der Waals surface area contributed by atoms with Crippen molar-refractivity contribution in [2.24, 2.45) is 0 Å². The highest BCUT2D eigenvalue weighted by molar-refractivity contribution is 6.30. The van der Waals surface area contributed by atoms with Crippen molar-refractivity contribution in [3.8, 4) is 22.8 Å². The lowest BCUT2D eigenvalue weighted by molar-refractivity contribution is 0.394. The number of aromatic nitrogens is 3. The largest absolute Gasteiger partial charge is 0.497 e. The molecule has 0 N–H and O–H groups in total. The van der Waals surface area contributed by atoms with E-state index in [4.69, 9.17) is 31.2 Å². The van der Waals surface area contributed by atoms with E-state index in [0.29, 0.717) is 0 Å². The number of hydrogen-bond acceptors (Lipinski definition) is 6. The number of aryl methyl sites for hydroxylation is 1. The molecule has 35 heavy (non-hydrogen) atoms. The number of methoxy groups -OCH3 is 2. The van der Waals surface area contributed by atoms with E-state index in [-0.39, 0.29) is 0 Å². The van der Waals surface area contributed by atoms with E-state index in [9.17, 15) is 0 Å². The van der Waals surface area contributed by atoms with E-state index in [0.717, 1.165) is 83.2 Å². The number of halogens is 1. The van der Waals surface area contributed by atoms with Crippen LogP contribution in [0.4, 0.5) is 11.5 Å². The van der Waals surface area contributed by atoms with Crippen molar-refractivity contribution in [1.82, 2.24) is 14.6 Å². The zero-order valence-corrected chi connectivity index (χ0v) is 21.3. The Balaban J connectivity index is 1.52. The van der Waals surface area contributed by atoms with Crippen molar-refractivity contribution >= 4 is 28.8 Å². The molecule has 182 valence electrons. The molecule has 0 unspecified atom stereocenters. The molecule has 2 aromatic carbocycles. The summed E-state index contributed by atoms with van der Waals surface area (Å²) >= 11 is 6.23. The smallest absolute Gasteiger partial charge is 0.158 e. The summed E-state index contributed by atoms with van der Waals surface area (Å²) < 4.78 is 12.9. The molecule has 0 amide bonds. The van der Waals surface area contributed by atoms with Gasteiger partial charge in [-0.05, 0) is 43.7 Å². The van der Waals surface area contributed by atoms with Crippen LogP contribution in [-0.2, 0) is 6.42 Å². The summed E-state index contributed by atoms with van der Waals surface area (Å²) in [6, 6.07) is 15.9. The minimum absolute atomic E-state index is 0.729. The summed E-state index contributed by atoms with van der Waals surface area (Å²) in [6.07, 6.45) is 0.890. The van der Waals surface area contributed by atoms with E-state index >= 15 is 0 Å². The predicted octanol–water partition coefficient (Wildman–Crippen LogP) is 5.26. The number of rotatable bonds is 6. The molecule has 0 saturated carbocycles. The van der Waals surface area contributed by atoms with E-state index in [1.165, 1.54) is 5.56 Å². The maximum Gasteiger partial charge on any atom is 0.158 e. The van der Waals surface area contributed by atoms with Gasteiger partial charge in [-0.1, -0.05) is 24.6 Å². The summed E-state index contributed by atoms with van der Waals surface area (Å²) in [5, 5.41) is 5.78. The zero-order valence-electron chi connectivity index (χ0n) is 20.6. The third kappa shape index (κ3) is 4.48. The Morgan fingerprint density at radius 1 is 0.914 bits per heavy atom. The Bertz CT molecular complexity index is 1340. The van der Waals surface area contributed by atoms with Gasteiger partial charge in [0.15, 0.2) is 5.65 Å². The van der Waals surface area contributed by atoms with Crippen LogP contribution in [0.2, 0.25) is 5.02 Å². The monoisotopic (exact) mass is 491 g/mol. The minimum atomic E-state index is 0.729. The number of anilines is 2. The average Bonchev–Trinajstić information content (AvgIpc) is 3.31. The summed E-state index contributed by atoms with van der Waals surface area (Å²) in [5.74, 6) is 2.58. The third-order valence-corrected chi connectivity index (χ3v) is 6.87. The van der Waals surface area contributed by atoms with E-state index in [1.54, 1.807) is 14.2 Å². The molecule has 1 saturated heterocycles. The Kier molecular flexibility index (Phi) is 6.43. The Hall–Kier alpha value is -3.45. The van der Waals surface area contributed by atoms with Crippen LogP contribution in [0, 0.1) is 6.92 Å². The molecular weight excluding hydrogens is 462 g/mol. The van der Waals surface area contributed by atoms with E-state index in [2.05, 4.69) is 29.7 Å². The molecule has 4 aromatic rings. The first-order valence-corrected chi connectivity index (χ1v) is 12.3. The second kappa shape index (κ2) is 9.66. The predicted molar refractivity (Wildman–Crippen MR) is 142 cm³/mol. The van der Waals surface area contributed by atoms with Gasteiger partial charge in [-0.25, -0.2) is 4.98 Å². The minimum Gasteiger partial charge on any atom is -0.497 e. The van der Waals surface area contributed by atoms with E-state index in [1.807, 2.05) is 47.0 Å². The van der Waals surface area contributed by atoms with Crippen LogP contribution >= 0.6 is 11.6 Å². The molecule has 1 aliphatic heterocycles. The number of piperazine rings is 1. The zero-order chi connectivity index (χ0) is 24.5.